The van der Waals surface area contributed by atoms with E-state index in [1.165, 1.54) is 36.8 Å². The van der Waals surface area contributed by atoms with Gasteiger partial charge in [-0.05, 0) is 29.9 Å². The summed E-state index contributed by atoms with van der Waals surface area (Å²) >= 11 is 3.44. The molecule has 1 aliphatic rings. The number of carbonyl (C=O) groups is 1. The first-order valence-corrected chi connectivity index (χ1v) is 7.80. The average Bonchev–Trinajstić information content (AvgIpc) is 2.89. The van der Waals surface area contributed by atoms with Crippen molar-refractivity contribution in [2.45, 2.75) is 44.0 Å². The predicted octanol–water partition coefficient (Wildman–Crippen LogP) is 3.78. The van der Waals surface area contributed by atoms with Crippen LogP contribution in [0.25, 0.3) is 0 Å². The number of amides is 1. The molecule has 0 spiro atoms. The summed E-state index contributed by atoms with van der Waals surface area (Å²) in [4.78, 5) is 11.8. The van der Waals surface area contributed by atoms with E-state index in [-0.39, 0.29) is 5.91 Å². The lowest BCUT2D eigenvalue weighted by molar-refractivity contribution is -0.122. The number of hydrogen-bond acceptors (Lipinski definition) is 1. The zero-order chi connectivity index (χ0) is 12.8. The van der Waals surface area contributed by atoms with E-state index in [0.717, 1.165) is 5.33 Å². The molecule has 0 atom stereocenters. The van der Waals surface area contributed by atoms with Gasteiger partial charge in [-0.2, -0.15) is 0 Å². The molecule has 0 aliphatic heterocycles. The molecule has 1 aliphatic carbocycles. The molecule has 2 nitrogen and oxygen atoms in total. The van der Waals surface area contributed by atoms with Crippen LogP contribution < -0.4 is 5.32 Å². The van der Waals surface area contributed by atoms with Gasteiger partial charge in [-0.1, -0.05) is 53.0 Å². The van der Waals surface area contributed by atoms with Crippen molar-refractivity contribution in [1.82, 2.24) is 5.32 Å². The van der Waals surface area contributed by atoms with Crippen LogP contribution in [0.2, 0.25) is 0 Å². The summed E-state index contributed by atoms with van der Waals surface area (Å²) in [6, 6.07) is 8.31. The second kappa shape index (κ2) is 6.93. The summed E-state index contributed by atoms with van der Waals surface area (Å²) in [5.41, 5.74) is 2.42. The van der Waals surface area contributed by atoms with Crippen LogP contribution in [0.4, 0.5) is 0 Å². The first-order chi connectivity index (χ1) is 8.78. The molecule has 0 bridgehead atoms. The highest BCUT2D eigenvalue weighted by Gasteiger charge is 2.17. The van der Waals surface area contributed by atoms with Crippen molar-refractivity contribution in [3.63, 3.8) is 0 Å². The number of alkyl halides is 1. The molecule has 18 heavy (non-hydrogen) atoms. The molecule has 0 aromatic heterocycles. The lowest BCUT2D eigenvalue weighted by atomic mass is 10.0. The lowest BCUT2D eigenvalue weighted by Crippen LogP contribution is -2.24. The fourth-order valence-corrected chi connectivity index (χ4v) is 2.92. The Morgan fingerprint density at radius 1 is 1.28 bits per heavy atom. The van der Waals surface area contributed by atoms with Crippen molar-refractivity contribution in [2.75, 3.05) is 0 Å². The van der Waals surface area contributed by atoms with Crippen molar-refractivity contribution in [2.24, 2.45) is 5.92 Å². The third kappa shape index (κ3) is 4.13. The molecule has 0 saturated heterocycles. The molecule has 1 saturated carbocycles. The Labute approximate surface area is 117 Å². The minimum Gasteiger partial charge on any atom is -0.352 e. The highest BCUT2D eigenvalue weighted by Crippen LogP contribution is 2.27. The van der Waals surface area contributed by atoms with Crippen molar-refractivity contribution in [3.8, 4) is 0 Å². The smallest absolute Gasteiger partial charge is 0.220 e. The van der Waals surface area contributed by atoms with E-state index in [9.17, 15) is 4.79 Å². The van der Waals surface area contributed by atoms with Crippen LogP contribution in [0, 0.1) is 5.92 Å². The minimum absolute atomic E-state index is 0.200. The Morgan fingerprint density at radius 3 is 2.72 bits per heavy atom. The monoisotopic (exact) mass is 309 g/mol. The molecule has 0 unspecified atom stereocenters. The number of benzene rings is 1. The Bertz CT molecular complexity index is 399. The van der Waals surface area contributed by atoms with Crippen molar-refractivity contribution < 1.29 is 4.79 Å². The van der Waals surface area contributed by atoms with Crippen LogP contribution >= 0.6 is 15.9 Å². The van der Waals surface area contributed by atoms with E-state index in [4.69, 9.17) is 0 Å². The molecule has 98 valence electrons. The fourth-order valence-electron chi connectivity index (χ4n) is 2.57. The average molecular weight is 310 g/mol. The van der Waals surface area contributed by atoms with Crippen LogP contribution in [0.1, 0.15) is 43.2 Å². The molecule has 1 aromatic carbocycles. The van der Waals surface area contributed by atoms with Gasteiger partial charge in [0, 0.05) is 18.3 Å². The van der Waals surface area contributed by atoms with E-state index in [2.05, 4.69) is 39.4 Å². The molecular formula is C15H20BrNO. The van der Waals surface area contributed by atoms with Gasteiger partial charge >= 0.3 is 0 Å². The van der Waals surface area contributed by atoms with Crippen LogP contribution in [-0.4, -0.2) is 5.91 Å². The SMILES string of the molecule is O=C(CC1CCCC1)NCc1cccc(CBr)c1. The van der Waals surface area contributed by atoms with Gasteiger partial charge in [-0.15, -0.1) is 0 Å². The topological polar surface area (TPSA) is 29.1 Å². The van der Waals surface area contributed by atoms with Crippen LogP contribution in [0.5, 0.6) is 0 Å². The Hall–Kier alpha value is -0.830. The number of carbonyl (C=O) groups excluding carboxylic acids is 1. The second-order valence-electron chi connectivity index (χ2n) is 5.08. The Balaban J connectivity index is 1.77. The molecule has 3 heteroatoms. The fraction of sp³-hybridized carbons (Fsp3) is 0.533. The van der Waals surface area contributed by atoms with Gasteiger partial charge in [0.05, 0.1) is 0 Å². The molecule has 1 N–H and O–H groups in total. The molecule has 1 fully saturated rings. The van der Waals surface area contributed by atoms with Gasteiger partial charge in [0.25, 0.3) is 0 Å². The maximum atomic E-state index is 11.8. The Kier molecular flexibility index (Phi) is 5.24. The molecule has 1 amide bonds. The second-order valence-corrected chi connectivity index (χ2v) is 5.65. The summed E-state index contributed by atoms with van der Waals surface area (Å²) in [5, 5.41) is 3.88. The van der Waals surface area contributed by atoms with E-state index < -0.39 is 0 Å². The van der Waals surface area contributed by atoms with Crippen molar-refractivity contribution in [1.29, 1.82) is 0 Å². The third-order valence-electron chi connectivity index (χ3n) is 3.58. The maximum absolute atomic E-state index is 11.8. The van der Waals surface area contributed by atoms with Gasteiger partial charge in [0.15, 0.2) is 0 Å². The highest BCUT2D eigenvalue weighted by molar-refractivity contribution is 9.08. The summed E-state index contributed by atoms with van der Waals surface area (Å²) in [6.07, 6.45) is 5.76. The molecule has 2 rings (SSSR count). The van der Waals surface area contributed by atoms with Crippen molar-refractivity contribution >= 4 is 21.8 Å². The normalized spacial score (nSPS) is 15.8. The van der Waals surface area contributed by atoms with Crippen LogP contribution in [0.15, 0.2) is 24.3 Å². The predicted molar refractivity (Wildman–Crippen MR) is 77.5 cm³/mol. The maximum Gasteiger partial charge on any atom is 0.220 e. The van der Waals surface area contributed by atoms with E-state index in [1.54, 1.807) is 0 Å². The van der Waals surface area contributed by atoms with Crippen LogP contribution in [0.3, 0.4) is 0 Å². The summed E-state index contributed by atoms with van der Waals surface area (Å²) in [5.74, 6) is 0.824. The standard InChI is InChI=1S/C15H20BrNO/c16-10-13-6-3-7-14(8-13)11-17-15(18)9-12-4-1-2-5-12/h3,6-8,12H,1-2,4-5,9-11H2,(H,17,18). The first kappa shape index (κ1) is 13.6. The largest absolute Gasteiger partial charge is 0.352 e. The van der Waals surface area contributed by atoms with E-state index in [0.29, 0.717) is 18.9 Å². The van der Waals surface area contributed by atoms with Gasteiger partial charge in [-0.25, -0.2) is 0 Å². The summed E-state index contributed by atoms with van der Waals surface area (Å²) in [6.45, 7) is 0.645. The van der Waals surface area contributed by atoms with E-state index >= 15 is 0 Å². The van der Waals surface area contributed by atoms with Gasteiger partial charge in [-0.3, -0.25) is 4.79 Å². The molecular weight excluding hydrogens is 290 g/mol. The van der Waals surface area contributed by atoms with Gasteiger partial charge in [0.1, 0.15) is 0 Å². The van der Waals surface area contributed by atoms with E-state index in [1.807, 2.05) is 6.07 Å². The highest BCUT2D eigenvalue weighted by atomic mass is 79.9. The molecule has 0 heterocycles. The summed E-state index contributed by atoms with van der Waals surface area (Å²) in [7, 11) is 0. The first-order valence-electron chi connectivity index (χ1n) is 6.68. The van der Waals surface area contributed by atoms with Crippen LogP contribution in [-0.2, 0) is 16.7 Å². The zero-order valence-electron chi connectivity index (χ0n) is 10.6. The minimum atomic E-state index is 0.200. The zero-order valence-corrected chi connectivity index (χ0v) is 12.2. The number of nitrogens with one attached hydrogen (secondary N) is 1. The lowest BCUT2D eigenvalue weighted by Gasteiger charge is -2.10. The summed E-state index contributed by atoms with van der Waals surface area (Å²) < 4.78 is 0. The molecule has 0 radical (unpaired) electrons. The molecule has 1 aromatic rings. The van der Waals surface area contributed by atoms with Gasteiger partial charge in [0.2, 0.25) is 5.91 Å². The van der Waals surface area contributed by atoms with Gasteiger partial charge < -0.3 is 5.32 Å². The van der Waals surface area contributed by atoms with Crippen molar-refractivity contribution in [3.05, 3.63) is 35.4 Å². The number of halogens is 1. The quantitative estimate of drug-likeness (QED) is 0.824. The Morgan fingerprint density at radius 2 is 2.00 bits per heavy atom. The third-order valence-corrected chi connectivity index (χ3v) is 4.23. The number of rotatable bonds is 5. The number of hydrogen-bond donors (Lipinski definition) is 1.